The molecule has 0 bridgehead atoms. The Morgan fingerprint density at radius 3 is 2.71 bits per heavy atom. The van der Waals surface area contributed by atoms with Gasteiger partial charge in [-0.05, 0) is 12.3 Å². The average molecular weight is 238 g/mol. The van der Waals surface area contributed by atoms with Crippen LogP contribution >= 0.6 is 0 Å². The van der Waals surface area contributed by atoms with Gasteiger partial charge in [-0.1, -0.05) is 6.92 Å². The number of aliphatic hydroxyl groups is 1. The highest BCUT2D eigenvalue weighted by molar-refractivity contribution is 5.34. The van der Waals surface area contributed by atoms with Crippen molar-refractivity contribution in [2.45, 2.75) is 19.4 Å². The summed E-state index contributed by atoms with van der Waals surface area (Å²) in [6.07, 6.45) is 2.79. The maximum atomic E-state index is 10.5. The van der Waals surface area contributed by atoms with Crippen LogP contribution in [0.4, 0.5) is 11.6 Å². The predicted molar refractivity (Wildman–Crippen MR) is 60.7 cm³/mol. The first kappa shape index (κ1) is 11.7. The monoisotopic (exact) mass is 238 g/mol. The van der Waals surface area contributed by atoms with E-state index in [1.165, 1.54) is 12.4 Å². The smallest absolute Gasteiger partial charge is 0.305 e. The minimum atomic E-state index is -0.521. The second-order valence-corrected chi connectivity index (χ2v) is 4.28. The fourth-order valence-corrected chi connectivity index (χ4v) is 1.89. The second kappa shape index (κ2) is 4.62. The van der Waals surface area contributed by atoms with Gasteiger partial charge in [-0.2, -0.15) is 0 Å². The van der Waals surface area contributed by atoms with Gasteiger partial charge in [-0.25, -0.2) is 9.97 Å². The summed E-state index contributed by atoms with van der Waals surface area (Å²) < 4.78 is 0. The standard InChI is InChI=1S/C10H14N4O3/c1-7-6-13(3-2-9(7)15)10-11-4-8(5-12-10)14(16)17/h4-5,7,9,15H,2-3,6H2,1H3. The van der Waals surface area contributed by atoms with Gasteiger partial charge >= 0.3 is 5.69 Å². The summed E-state index contributed by atoms with van der Waals surface area (Å²) in [5.74, 6) is 0.636. The van der Waals surface area contributed by atoms with Crippen molar-refractivity contribution >= 4 is 11.6 Å². The summed E-state index contributed by atoms with van der Waals surface area (Å²) >= 11 is 0. The number of aliphatic hydroxyl groups excluding tert-OH is 1. The topological polar surface area (TPSA) is 92.4 Å². The highest BCUT2D eigenvalue weighted by atomic mass is 16.6. The molecule has 7 heteroatoms. The molecule has 0 aliphatic carbocycles. The summed E-state index contributed by atoms with van der Waals surface area (Å²) in [5, 5.41) is 20.1. The third kappa shape index (κ3) is 2.50. The Morgan fingerprint density at radius 1 is 1.53 bits per heavy atom. The van der Waals surface area contributed by atoms with Crippen LogP contribution in [0.1, 0.15) is 13.3 Å². The van der Waals surface area contributed by atoms with Crippen molar-refractivity contribution in [3.63, 3.8) is 0 Å². The molecule has 1 aromatic heterocycles. The molecule has 2 rings (SSSR count). The Hall–Kier alpha value is -1.76. The maximum absolute atomic E-state index is 10.5. The molecule has 1 aliphatic rings. The lowest BCUT2D eigenvalue weighted by atomic mass is 9.97. The first-order chi connectivity index (χ1) is 8.08. The van der Waals surface area contributed by atoms with Crippen molar-refractivity contribution in [3.05, 3.63) is 22.5 Å². The Morgan fingerprint density at radius 2 is 2.18 bits per heavy atom. The molecule has 7 nitrogen and oxygen atoms in total. The molecule has 0 radical (unpaired) electrons. The molecule has 0 amide bonds. The number of piperidine rings is 1. The third-order valence-corrected chi connectivity index (χ3v) is 2.98. The normalized spacial score (nSPS) is 24.7. The fourth-order valence-electron chi connectivity index (χ4n) is 1.89. The van der Waals surface area contributed by atoms with Crippen LogP contribution in [-0.4, -0.2) is 39.2 Å². The quantitative estimate of drug-likeness (QED) is 0.599. The van der Waals surface area contributed by atoms with Gasteiger partial charge in [0.25, 0.3) is 0 Å². The van der Waals surface area contributed by atoms with Crippen LogP contribution in [0.3, 0.4) is 0 Å². The van der Waals surface area contributed by atoms with Crippen LogP contribution in [-0.2, 0) is 0 Å². The van der Waals surface area contributed by atoms with Gasteiger partial charge in [0.05, 0.1) is 11.0 Å². The minimum absolute atomic E-state index is 0.112. The van der Waals surface area contributed by atoms with Crippen molar-refractivity contribution in [1.29, 1.82) is 0 Å². The van der Waals surface area contributed by atoms with Crippen molar-refractivity contribution in [3.8, 4) is 0 Å². The number of aromatic nitrogens is 2. The number of anilines is 1. The molecule has 2 heterocycles. The van der Waals surface area contributed by atoms with Crippen LogP contribution < -0.4 is 4.90 Å². The molecule has 0 saturated carbocycles. The lowest BCUT2D eigenvalue weighted by molar-refractivity contribution is -0.385. The van der Waals surface area contributed by atoms with Gasteiger partial charge in [-0.15, -0.1) is 0 Å². The minimum Gasteiger partial charge on any atom is -0.393 e. The molecule has 17 heavy (non-hydrogen) atoms. The Labute approximate surface area is 98.3 Å². The molecule has 92 valence electrons. The summed E-state index contributed by atoms with van der Waals surface area (Å²) in [5.41, 5.74) is -0.112. The van der Waals surface area contributed by atoms with Gasteiger partial charge in [-0.3, -0.25) is 10.1 Å². The van der Waals surface area contributed by atoms with Crippen LogP contribution in [0.5, 0.6) is 0 Å². The number of nitro groups is 1. The van der Waals surface area contributed by atoms with Gasteiger partial charge in [0.15, 0.2) is 0 Å². The van der Waals surface area contributed by atoms with Crippen molar-refractivity contribution in [1.82, 2.24) is 9.97 Å². The van der Waals surface area contributed by atoms with Crippen LogP contribution in [0.2, 0.25) is 0 Å². The first-order valence-electron chi connectivity index (χ1n) is 5.47. The summed E-state index contributed by atoms with van der Waals surface area (Å²) in [4.78, 5) is 19.8. The summed E-state index contributed by atoms with van der Waals surface area (Å²) in [6.45, 7) is 3.30. The number of hydrogen-bond acceptors (Lipinski definition) is 6. The highest BCUT2D eigenvalue weighted by Crippen LogP contribution is 2.20. The van der Waals surface area contributed by atoms with Crippen LogP contribution in [0.25, 0.3) is 0 Å². The van der Waals surface area contributed by atoms with Crippen LogP contribution in [0, 0.1) is 16.0 Å². The van der Waals surface area contributed by atoms with Gasteiger partial charge in [0.1, 0.15) is 12.4 Å². The lowest BCUT2D eigenvalue weighted by Crippen LogP contribution is -2.42. The molecule has 1 N–H and O–H groups in total. The summed E-state index contributed by atoms with van der Waals surface area (Å²) in [7, 11) is 0. The Bertz CT molecular complexity index is 409. The SMILES string of the molecule is CC1CN(c2ncc([N+](=O)[O-])cn2)CCC1O. The molecule has 2 unspecified atom stereocenters. The zero-order chi connectivity index (χ0) is 12.4. The number of rotatable bonds is 2. The van der Waals surface area contributed by atoms with E-state index >= 15 is 0 Å². The molecule has 0 spiro atoms. The van der Waals surface area contributed by atoms with E-state index in [0.29, 0.717) is 25.5 Å². The maximum Gasteiger partial charge on any atom is 0.305 e. The van der Waals surface area contributed by atoms with E-state index in [1.807, 2.05) is 11.8 Å². The van der Waals surface area contributed by atoms with E-state index < -0.39 is 4.92 Å². The molecular formula is C10H14N4O3. The predicted octanol–water partition coefficient (Wildman–Crippen LogP) is 0.592. The molecule has 1 aliphatic heterocycles. The average Bonchev–Trinajstić information content (AvgIpc) is 2.33. The van der Waals surface area contributed by atoms with Crippen molar-refractivity contribution in [2.75, 3.05) is 18.0 Å². The molecule has 1 fully saturated rings. The van der Waals surface area contributed by atoms with E-state index in [-0.39, 0.29) is 17.7 Å². The largest absolute Gasteiger partial charge is 0.393 e. The first-order valence-corrected chi connectivity index (χ1v) is 5.47. The number of nitrogens with zero attached hydrogens (tertiary/aromatic N) is 4. The lowest BCUT2D eigenvalue weighted by Gasteiger charge is -2.34. The molecular weight excluding hydrogens is 224 g/mol. The number of hydrogen-bond donors (Lipinski definition) is 1. The van der Waals surface area contributed by atoms with E-state index in [9.17, 15) is 15.2 Å². The molecule has 1 aromatic rings. The van der Waals surface area contributed by atoms with Gasteiger partial charge in [0.2, 0.25) is 5.95 Å². The highest BCUT2D eigenvalue weighted by Gasteiger charge is 2.25. The van der Waals surface area contributed by atoms with Crippen molar-refractivity contribution < 1.29 is 10.0 Å². The fraction of sp³-hybridized carbons (Fsp3) is 0.600. The van der Waals surface area contributed by atoms with Gasteiger partial charge in [0, 0.05) is 13.1 Å². The van der Waals surface area contributed by atoms with E-state index in [2.05, 4.69) is 9.97 Å². The van der Waals surface area contributed by atoms with E-state index in [4.69, 9.17) is 0 Å². The third-order valence-electron chi connectivity index (χ3n) is 2.98. The van der Waals surface area contributed by atoms with E-state index in [1.54, 1.807) is 0 Å². The summed E-state index contributed by atoms with van der Waals surface area (Å²) in [6, 6.07) is 0. The van der Waals surface area contributed by atoms with Gasteiger partial charge < -0.3 is 10.0 Å². The second-order valence-electron chi connectivity index (χ2n) is 4.28. The van der Waals surface area contributed by atoms with Crippen LogP contribution in [0.15, 0.2) is 12.4 Å². The zero-order valence-corrected chi connectivity index (χ0v) is 9.48. The molecule has 1 saturated heterocycles. The molecule has 0 aromatic carbocycles. The zero-order valence-electron chi connectivity index (χ0n) is 9.48. The Kier molecular flexibility index (Phi) is 3.19. The molecule has 2 atom stereocenters. The van der Waals surface area contributed by atoms with Crippen molar-refractivity contribution in [2.24, 2.45) is 5.92 Å². The van der Waals surface area contributed by atoms with E-state index in [0.717, 1.165) is 0 Å². The Balaban J connectivity index is 2.10.